The van der Waals surface area contributed by atoms with Gasteiger partial charge in [0.15, 0.2) is 5.76 Å². The van der Waals surface area contributed by atoms with Gasteiger partial charge in [0.1, 0.15) is 11.5 Å². The molecule has 1 aliphatic rings. The summed E-state index contributed by atoms with van der Waals surface area (Å²) in [6, 6.07) is 15.0. The first kappa shape index (κ1) is 23.2. The Labute approximate surface area is 197 Å². The highest BCUT2D eigenvalue weighted by Crippen LogP contribution is 2.46. The van der Waals surface area contributed by atoms with Crippen LogP contribution in [0.5, 0.6) is 5.75 Å². The zero-order chi connectivity index (χ0) is 24.0. The molecular formula is C29H35NO3. The van der Waals surface area contributed by atoms with Gasteiger partial charge in [-0.05, 0) is 89.6 Å². The van der Waals surface area contributed by atoms with Crippen molar-refractivity contribution in [2.45, 2.75) is 77.7 Å². The summed E-state index contributed by atoms with van der Waals surface area (Å²) in [7, 11) is 0. The van der Waals surface area contributed by atoms with Crippen molar-refractivity contribution in [1.82, 2.24) is 5.32 Å². The lowest BCUT2D eigenvalue weighted by Crippen LogP contribution is -2.34. The average Bonchev–Trinajstić information content (AvgIpc) is 3.22. The molecule has 2 aromatic carbocycles. The quantitative estimate of drug-likeness (QED) is 0.458. The van der Waals surface area contributed by atoms with Gasteiger partial charge in [-0.15, -0.1) is 0 Å². The van der Waals surface area contributed by atoms with Gasteiger partial charge in [-0.25, -0.2) is 0 Å². The number of aryl methyl sites for hydroxylation is 1. The van der Waals surface area contributed by atoms with E-state index in [1.807, 2.05) is 13.0 Å². The summed E-state index contributed by atoms with van der Waals surface area (Å²) in [5.41, 5.74) is 6.68. The van der Waals surface area contributed by atoms with Crippen LogP contribution < -0.4 is 5.32 Å². The summed E-state index contributed by atoms with van der Waals surface area (Å²) in [5.74, 6) is 1.06. The van der Waals surface area contributed by atoms with E-state index in [0.29, 0.717) is 12.2 Å². The molecule has 0 saturated heterocycles. The molecule has 0 spiro atoms. The molecular weight excluding hydrogens is 410 g/mol. The number of carbonyl (C=O) groups excluding carboxylic acids is 1. The summed E-state index contributed by atoms with van der Waals surface area (Å²) in [5, 5.41) is 12.4. The fourth-order valence-electron chi connectivity index (χ4n) is 4.85. The summed E-state index contributed by atoms with van der Waals surface area (Å²) < 4.78 is 5.95. The van der Waals surface area contributed by atoms with Crippen molar-refractivity contribution in [3.05, 3.63) is 87.9 Å². The molecule has 2 N–H and O–H groups in total. The second kappa shape index (κ2) is 8.40. The largest absolute Gasteiger partial charge is 0.508 e. The fourth-order valence-corrected chi connectivity index (χ4v) is 4.85. The highest BCUT2D eigenvalue weighted by Gasteiger charge is 2.37. The van der Waals surface area contributed by atoms with Crippen molar-refractivity contribution >= 4 is 5.91 Å². The van der Waals surface area contributed by atoms with Crippen LogP contribution in [0.15, 0.2) is 52.9 Å². The Morgan fingerprint density at radius 1 is 1.00 bits per heavy atom. The Balaban J connectivity index is 1.52. The van der Waals surface area contributed by atoms with Gasteiger partial charge in [0, 0.05) is 6.42 Å². The maximum absolute atomic E-state index is 12.7. The monoisotopic (exact) mass is 445 g/mol. The van der Waals surface area contributed by atoms with E-state index in [1.165, 1.54) is 35.1 Å². The third-order valence-corrected chi connectivity index (χ3v) is 7.30. The molecule has 33 heavy (non-hydrogen) atoms. The maximum Gasteiger partial charge on any atom is 0.287 e. The number of phenols is 1. The lowest BCUT2D eigenvalue weighted by molar-refractivity contribution is 0.0910. The second-order valence-corrected chi connectivity index (χ2v) is 10.8. The Hall–Kier alpha value is -3.01. The molecule has 0 radical (unpaired) electrons. The van der Waals surface area contributed by atoms with Crippen molar-refractivity contribution in [3.63, 3.8) is 0 Å². The molecule has 4 rings (SSSR count). The van der Waals surface area contributed by atoms with Gasteiger partial charge < -0.3 is 14.8 Å². The molecule has 1 amide bonds. The molecule has 1 atom stereocenters. The highest BCUT2D eigenvalue weighted by molar-refractivity contribution is 5.91. The third kappa shape index (κ3) is 4.71. The van der Waals surface area contributed by atoms with Crippen LogP contribution in [0.1, 0.15) is 97.6 Å². The Bertz CT molecular complexity index is 1170. The van der Waals surface area contributed by atoms with Crippen LogP contribution in [0, 0.1) is 6.92 Å². The molecule has 3 aromatic rings. The minimum absolute atomic E-state index is 0.159. The van der Waals surface area contributed by atoms with Gasteiger partial charge in [-0.2, -0.15) is 0 Å². The number of fused-ring (bicyclic) bond motifs is 1. The SMILES string of the molecule is Cc1cc2c(cc1Cc1ccc(C(=O)NC(C)c3ccc(O)cc3)o1)C(C)(C)CCC2(C)C. The minimum Gasteiger partial charge on any atom is -0.508 e. The minimum atomic E-state index is -0.244. The molecule has 1 heterocycles. The zero-order valence-electron chi connectivity index (χ0n) is 20.6. The van der Waals surface area contributed by atoms with E-state index in [1.54, 1.807) is 30.3 Å². The molecule has 1 unspecified atom stereocenters. The van der Waals surface area contributed by atoms with Crippen LogP contribution in [0.3, 0.4) is 0 Å². The Morgan fingerprint density at radius 2 is 1.61 bits per heavy atom. The fraction of sp³-hybridized carbons (Fsp3) is 0.414. The van der Waals surface area contributed by atoms with Crippen molar-refractivity contribution in [2.24, 2.45) is 0 Å². The predicted octanol–water partition coefficient (Wildman–Crippen LogP) is 6.72. The molecule has 1 aromatic heterocycles. The Morgan fingerprint density at radius 3 is 2.24 bits per heavy atom. The predicted molar refractivity (Wildman–Crippen MR) is 132 cm³/mol. The number of hydrogen-bond acceptors (Lipinski definition) is 3. The van der Waals surface area contributed by atoms with Gasteiger partial charge in [-0.3, -0.25) is 4.79 Å². The second-order valence-electron chi connectivity index (χ2n) is 10.8. The van der Waals surface area contributed by atoms with Crippen molar-refractivity contribution in [3.8, 4) is 5.75 Å². The van der Waals surface area contributed by atoms with Crippen molar-refractivity contribution < 1.29 is 14.3 Å². The van der Waals surface area contributed by atoms with E-state index in [9.17, 15) is 9.90 Å². The van der Waals surface area contributed by atoms with Crippen LogP contribution in [0.25, 0.3) is 0 Å². The first-order chi connectivity index (χ1) is 15.5. The van der Waals surface area contributed by atoms with E-state index in [2.05, 4.69) is 52.1 Å². The van der Waals surface area contributed by atoms with E-state index in [4.69, 9.17) is 4.42 Å². The number of amides is 1. The highest BCUT2D eigenvalue weighted by atomic mass is 16.3. The number of furan rings is 1. The van der Waals surface area contributed by atoms with E-state index >= 15 is 0 Å². The summed E-state index contributed by atoms with van der Waals surface area (Å²) >= 11 is 0. The van der Waals surface area contributed by atoms with Crippen LogP contribution >= 0.6 is 0 Å². The number of rotatable bonds is 5. The van der Waals surface area contributed by atoms with Crippen molar-refractivity contribution in [2.75, 3.05) is 0 Å². The van der Waals surface area contributed by atoms with E-state index in [0.717, 1.165) is 11.3 Å². The lowest BCUT2D eigenvalue weighted by Gasteiger charge is -2.42. The molecule has 1 aliphatic carbocycles. The number of hydrogen-bond donors (Lipinski definition) is 2. The summed E-state index contributed by atoms with van der Waals surface area (Å²) in [6.07, 6.45) is 3.04. The van der Waals surface area contributed by atoms with Crippen LogP contribution in [-0.2, 0) is 17.3 Å². The van der Waals surface area contributed by atoms with Gasteiger partial charge in [0.05, 0.1) is 6.04 Å². The summed E-state index contributed by atoms with van der Waals surface area (Å²) in [4.78, 5) is 12.7. The molecule has 4 nitrogen and oxygen atoms in total. The van der Waals surface area contributed by atoms with Crippen LogP contribution in [-0.4, -0.2) is 11.0 Å². The summed E-state index contributed by atoms with van der Waals surface area (Å²) in [6.45, 7) is 13.4. The maximum atomic E-state index is 12.7. The first-order valence-electron chi connectivity index (χ1n) is 11.8. The topological polar surface area (TPSA) is 62.5 Å². The van der Waals surface area contributed by atoms with Gasteiger partial charge in [-0.1, -0.05) is 52.0 Å². The van der Waals surface area contributed by atoms with Crippen LogP contribution in [0.2, 0.25) is 0 Å². The van der Waals surface area contributed by atoms with Gasteiger partial charge in [0.25, 0.3) is 5.91 Å². The standard InChI is InChI=1S/C29H35NO3/c1-18-15-24-25(29(5,6)14-13-28(24,3)4)17-21(18)16-23-11-12-26(33-23)27(32)30-19(2)20-7-9-22(31)10-8-20/h7-12,15,17,19,31H,13-14,16H2,1-6H3,(H,30,32). The van der Waals surface area contributed by atoms with Gasteiger partial charge >= 0.3 is 0 Å². The van der Waals surface area contributed by atoms with Gasteiger partial charge in [0.2, 0.25) is 0 Å². The molecule has 0 fully saturated rings. The van der Waals surface area contributed by atoms with Crippen LogP contribution in [0.4, 0.5) is 0 Å². The molecule has 0 bridgehead atoms. The lowest BCUT2D eigenvalue weighted by atomic mass is 9.62. The van der Waals surface area contributed by atoms with Crippen molar-refractivity contribution in [1.29, 1.82) is 0 Å². The molecule has 0 aliphatic heterocycles. The number of benzene rings is 2. The number of aromatic hydroxyl groups is 1. The molecule has 0 saturated carbocycles. The smallest absolute Gasteiger partial charge is 0.287 e. The molecule has 4 heteroatoms. The Kier molecular flexibility index (Phi) is 5.90. The third-order valence-electron chi connectivity index (χ3n) is 7.30. The van der Waals surface area contributed by atoms with E-state index < -0.39 is 0 Å². The zero-order valence-corrected chi connectivity index (χ0v) is 20.6. The average molecular weight is 446 g/mol. The number of phenolic OH excluding ortho intramolecular Hbond substituents is 1. The normalized spacial score (nSPS) is 17.3. The number of carbonyl (C=O) groups is 1. The first-order valence-corrected chi connectivity index (χ1v) is 11.8. The number of nitrogens with one attached hydrogen (secondary N) is 1. The molecule has 174 valence electrons. The van der Waals surface area contributed by atoms with E-state index in [-0.39, 0.29) is 28.5 Å².